The third-order valence-corrected chi connectivity index (χ3v) is 4.61. The van der Waals surface area contributed by atoms with E-state index in [-0.39, 0.29) is 19.6 Å². The minimum Gasteiger partial charge on any atom is -0.494 e. The number of fused-ring (bicyclic) bond motifs is 1. The summed E-state index contributed by atoms with van der Waals surface area (Å²) in [7, 11) is 0. The topological polar surface area (TPSA) is 75.0 Å². The zero-order valence-corrected chi connectivity index (χ0v) is 17.0. The van der Waals surface area contributed by atoms with Crippen molar-refractivity contribution in [2.75, 3.05) is 13.2 Å². The zero-order chi connectivity index (χ0) is 20.8. The van der Waals surface area contributed by atoms with Gasteiger partial charge in [0.2, 0.25) is 0 Å². The summed E-state index contributed by atoms with van der Waals surface area (Å²) >= 11 is 6.16. The van der Waals surface area contributed by atoms with Gasteiger partial charge < -0.3 is 18.6 Å². The van der Waals surface area contributed by atoms with Crippen LogP contribution < -0.4 is 15.1 Å². The molecule has 1 aromatic heterocycles. The summed E-state index contributed by atoms with van der Waals surface area (Å²) in [5.41, 5.74) is 1.23. The Morgan fingerprint density at radius 1 is 1.07 bits per heavy atom. The van der Waals surface area contributed by atoms with Crippen molar-refractivity contribution in [2.45, 2.75) is 26.9 Å². The van der Waals surface area contributed by atoms with Crippen molar-refractivity contribution < 1.29 is 23.4 Å². The molecule has 2 aromatic carbocycles. The number of hydrogen-bond acceptors (Lipinski definition) is 6. The Balaban J connectivity index is 1.55. The lowest BCUT2D eigenvalue weighted by atomic mass is 10.1. The van der Waals surface area contributed by atoms with Gasteiger partial charge >= 0.3 is 11.6 Å². The van der Waals surface area contributed by atoms with Crippen molar-refractivity contribution in [3.63, 3.8) is 0 Å². The summed E-state index contributed by atoms with van der Waals surface area (Å²) in [5.74, 6) is 0.961. The number of esters is 1. The van der Waals surface area contributed by atoms with E-state index in [9.17, 15) is 9.59 Å². The molecule has 0 radical (unpaired) electrons. The number of carbonyl (C=O) groups excluding carboxylic acids is 1. The van der Waals surface area contributed by atoms with Crippen LogP contribution in [0.5, 0.6) is 11.5 Å². The van der Waals surface area contributed by atoms with E-state index < -0.39 is 11.6 Å². The fraction of sp³-hybridized carbons (Fsp3) is 0.273. The third-order valence-electron chi connectivity index (χ3n) is 4.21. The van der Waals surface area contributed by atoms with Gasteiger partial charge in [0.15, 0.2) is 0 Å². The summed E-state index contributed by atoms with van der Waals surface area (Å²) in [4.78, 5) is 23.8. The molecule has 0 unspecified atom stereocenters. The van der Waals surface area contributed by atoms with Gasteiger partial charge in [-0.05, 0) is 55.8 Å². The zero-order valence-electron chi connectivity index (χ0n) is 16.2. The molecule has 0 aliphatic carbocycles. The molecule has 3 aromatic rings. The van der Waals surface area contributed by atoms with E-state index in [0.29, 0.717) is 33.9 Å². The molecule has 0 N–H and O–H groups in total. The van der Waals surface area contributed by atoms with Gasteiger partial charge in [-0.15, -0.1) is 0 Å². The van der Waals surface area contributed by atoms with Gasteiger partial charge in [-0.25, -0.2) is 4.79 Å². The quantitative estimate of drug-likeness (QED) is 0.392. The van der Waals surface area contributed by atoms with Gasteiger partial charge in [0, 0.05) is 22.0 Å². The van der Waals surface area contributed by atoms with Crippen molar-refractivity contribution in [1.29, 1.82) is 0 Å². The predicted octanol–water partition coefficient (Wildman–Crippen LogP) is 4.67. The Morgan fingerprint density at radius 3 is 2.45 bits per heavy atom. The number of hydrogen-bond donors (Lipinski definition) is 0. The first-order valence-corrected chi connectivity index (χ1v) is 9.58. The first kappa shape index (κ1) is 20.7. The molecule has 152 valence electrons. The Kier molecular flexibility index (Phi) is 6.77. The highest BCUT2D eigenvalue weighted by Gasteiger charge is 2.11. The lowest BCUT2D eigenvalue weighted by Gasteiger charge is -2.10. The normalized spacial score (nSPS) is 10.7. The molecule has 0 saturated carbocycles. The minimum atomic E-state index is -0.510. The predicted molar refractivity (Wildman–Crippen MR) is 110 cm³/mol. The summed E-state index contributed by atoms with van der Waals surface area (Å²) in [6, 6.07) is 11.8. The number of rotatable bonds is 8. The highest BCUT2D eigenvalue weighted by Crippen LogP contribution is 2.25. The fourth-order valence-electron chi connectivity index (χ4n) is 2.75. The van der Waals surface area contributed by atoms with Crippen LogP contribution in [-0.4, -0.2) is 19.2 Å². The minimum absolute atomic E-state index is 0.0522. The number of halogens is 1. The Morgan fingerprint density at radius 2 is 1.76 bits per heavy atom. The molecule has 29 heavy (non-hydrogen) atoms. The molecule has 1 heterocycles. The Labute approximate surface area is 172 Å². The largest absolute Gasteiger partial charge is 0.494 e. The summed E-state index contributed by atoms with van der Waals surface area (Å²) in [5, 5.41) is 1.18. The van der Waals surface area contributed by atoms with Crippen molar-refractivity contribution in [3.8, 4) is 11.5 Å². The van der Waals surface area contributed by atoms with E-state index in [1.54, 1.807) is 36.4 Å². The highest BCUT2D eigenvalue weighted by atomic mass is 35.5. The average molecular weight is 417 g/mol. The van der Waals surface area contributed by atoms with Crippen LogP contribution in [-0.2, 0) is 16.1 Å². The van der Waals surface area contributed by atoms with Crippen molar-refractivity contribution >= 4 is 28.5 Å². The van der Waals surface area contributed by atoms with Gasteiger partial charge in [-0.3, -0.25) is 4.79 Å². The maximum atomic E-state index is 12.0. The summed E-state index contributed by atoms with van der Waals surface area (Å²) < 4.78 is 21.4. The SMILES string of the molecule is CCOc1ccc(OCCC(=O)OCc2cc(=O)oc3cc(C)c(Cl)cc23)cc1. The molecule has 0 spiro atoms. The van der Waals surface area contributed by atoms with E-state index >= 15 is 0 Å². The van der Waals surface area contributed by atoms with Crippen LogP contribution in [0.2, 0.25) is 5.02 Å². The van der Waals surface area contributed by atoms with Gasteiger partial charge in [0.05, 0.1) is 19.6 Å². The maximum absolute atomic E-state index is 12.0. The van der Waals surface area contributed by atoms with Gasteiger partial charge in [0.25, 0.3) is 0 Å². The van der Waals surface area contributed by atoms with Crippen LogP contribution in [0.15, 0.2) is 51.7 Å². The molecular formula is C22H21ClO6. The van der Waals surface area contributed by atoms with E-state index in [1.807, 2.05) is 13.8 Å². The van der Waals surface area contributed by atoms with Gasteiger partial charge in [-0.2, -0.15) is 0 Å². The number of benzene rings is 2. The first-order valence-electron chi connectivity index (χ1n) is 9.20. The molecule has 0 aliphatic rings. The highest BCUT2D eigenvalue weighted by molar-refractivity contribution is 6.32. The first-order chi connectivity index (χ1) is 14.0. The lowest BCUT2D eigenvalue weighted by Crippen LogP contribution is -2.11. The molecule has 0 fully saturated rings. The van der Waals surface area contributed by atoms with Crippen LogP contribution in [0.4, 0.5) is 0 Å². The number of carbonyl (C=O) groups is 1. The standard InChI is InChI=1S/C22H21ClO6/c1-3-26-16-4-6-17(7-5-16)27-9-8-21(24)28-13-15-11-22(25)29-20-10-14(2)19(23)12-18(15)20/h4-7,10-12H,3,8-9,13H2,1-2H3. The maximum Gasteiger partial charge on any atom is 0.336 e. The fourth-order valence-corrected chi connectivity index (χ4v) is 2.91. The van der Waals surface area contributed by atoms with E-state index in [2.05, 4.69) is 0 Å². The van der Waals surface area contributed by atoms with Crippen LogP contribution in [0, 0.1) is 6.92 Å². The molecular weight excluding hydrogens is 396 g/mol. The van der Waals surface area contributed by atoms with Gasteiger partial charge in [-0.1, -0.05) is 11.6 Å². The summed E-state index contributed by atoms with van der Waals surface area (Å²) in [6.07, 6.45) is 0.0758. The number of aryl methyl sites for hydroxylation is 1. The smallest absolute Gasteiger partial charge is 0.336 e. The molecule has 6 nitrogen and oxygen atoms in total. The monoisotopic (exact) mass is 416 g/mol. The van der Waals surface area contributed by atoms with E-state index in [4.69, 9.17) is 30.2 Å². The molecule has 0 bridgehead atoms. The molecule has 0 aliphatic heterocycles. The molecule has 7 heteroatoms. The van der Waals surface area contributed by atoms with Crippen LogP contribution in [0.3, 0.4) is 0 Å². The van der Waals surface area contributed by atoms with Crippen LogP contribution in [0.1, 0.15) is 24.5 Å². The summed E-state index contributed by atoms with van der Waals surface area (Å²) in [6.45, 7) is 4.45. The van der Waals surface area contributed by atoms with Crippen molar-refractivity contribution in [1.82, 2.24) is 0 Å². The third kappa shape index (κ3) is 5.51. The second-order valence-electron chi connectivity index (χ2n) is 6.35. The second kappa shape index (κ2) is 9.47. The number of ether oxygens (including phenoxy) is 3. The van der Waals surface area contributed by atoms with Crippen LogP contribution >= 0.6 is 11.6 Å². The van der Waals surface area contributed by atoms with E-state index in [1.165, 1.54) is 6.07 Å². The second-order valence-corrected chi connectivity index (χ2v) is 6.76. The van der Waals surface area contributed by atoms with Crippen molar-refractivity contribution in [2.24, 2.45) is 0 Å². The molecule has 0 amide bonds. The average Bonchev–Trinajstić information content (AvgIpc) is 2.69. The molecule has 0 atom stereocenters. The van der Waals surface area contributed by atoms with Crippen LogP contribution in [0.25, 0.3) is 11.0 Å². The Hall–Kier alpha value is -2.99. The lowest BCUT2D eigenvalue weighted by molar-refractivity contribution is -0.145. The van der Waals surface area contributed by atoms with Crippen molar-refractivity contribution in [3.05, 3.63) is 69.0 Å². The van der Waals surface area contributed by atoms with E-state index in [0.717, 1.165) is 11.3 Å². The molecule has 0 saturated heterocycles. The van der Waals surface area contributed by atoms with Gasteiger partial charge in [0.1, 0.15) is 23.7 Å². The molecule has 3 rings (SSSR count). The Bertz CT molecular complexity index is 1060.